The summed E-state index contributed by atoms with van der Waals surface area (Å²) in [5.41, 5.74) is 0.762. The Morgan fingerprint density at radius 3 is 2.54 bits per heavy atom. The number of para-hydroxylation sites is 1. The minimum atomic E-state index is -4.53. The van der Waals surface area contributed by atoms with E-state index in [0.29, 0.717) is 0 Å². The predicted octanol–water partition coefficient (Wildman–Crippen LogP) is 3.46. The Labute approximate surface area is 164 Å². The highest BCUT2D eigenvalue weighted by Crippen LogP contribution is 2.25. The van der Waals surface area contributed by atoms with E-state index in [9.17, 15) is 22.8 Å². The van der Waals surface area contributed by atoms with E-state index in [4.69, 9.17) is 11.6 Å². The van der Waals surface area contributed by atoms with Crippen LogP contribution in [0.15, 0.2) is 42.6 Å². The molecule has 1 heterocycles. The number of anilines is 1. The molecule has 0 radical (unpaired) electrons. The van der Waals surface area contributed by atoms with Gasteiger partial charge in [0.15, 0.2) is 6.61 Å². The molecule has 2 amide bonds. The quantitative estimate of drug-likeness (QED) is 0.751. The number of nitrogens with one attached hydrogen (secondary N) is 1. The summed E-state index contributed by atoms with van der Waals surface area (Å²) >= 11 is 5.80. The molecule has 0 aliphatic heterocycles. The fraction of sp³-hybridized carbons (Fsp3) is 0.278. The van der Waals surface area contributed by atoms with Gasteiger partial charge < -0.3 is 15.0 Å². The Morgan fingerprint density at radius 1 is 1.25 bits per heavy atom. The molecule has 2 aromatic rings. The van der Waals surface area contributed by atoms with E-state index in [1.54, 1.807) is 31.3 Å². The van der Waals surface area contributed by atoms with Crippen molar-refractivity contribution in [2.75, 3.05) is 25.1 Å². The average Bonchev–Trinajstić information content (AvgIpc) is 2.66. The van der Waals surface area contributed by atoms with Crippen LogP contribution < -0.4 is 15.0 Å². The molecule has 0 atom stereocenters. The van der Waals surface area contributed by atoms with Crippen molar-refractivity contribution in [2.24, 2.45) is 0 Å². The number of aromatic nitrogens is 1. The molecule has 0 spiro atoms. The summed E-state index contributed by atoms with van der Waals surface area (Å²) in [7, 11) is 1.63. The maximum Gasteiger partial charge on any atom is 0.422 e. The molecule has 0 aliphatic rings. The van der Waals surface area contributed by atoms with E-state index in [-0.39, 0.29) is 29.5 Å². The summed E-state index contributed by atoms with van der Waals surface area (Å²) < 4.78 is 40.9. The molecule has 10 heteroatoms. The standard InChI is InChI=1S/C18H17ClF3N3O3/c1-25(13-5-3-2-4-6-13)15(26)7-8-23-16(27)12-9-14(19)17(24-10-12)28-11-18(20,21)22/h2-6,9-10H,7-8,11H2,1H3,(H,23,27). The van der Waals surface area contributed by atoms with E-state index in [1.807, 2.05) is 6.07 Å². The van der Waals surface area contributed by atoms with Gasteiger partial charge in [-0.25, -0.2) is 4.98 Å². The van der Waals surface area contributed by atoms with Gasteiger partial charge in [-0.2, -0.15) is 13.2 Å². The van der Waals surface area contributed by atoms with Crippen LogP contribution in [-0.2, 0) is 4.79 Å². The minimum absolute atomic E-state index is 0.0354. The van der Waals surface area contributed by atoms with Crippen LogP contribution in [0, 0.1) is 0 Å². The number of rotatable bonds is 7. The summed E-state index contributed by atoms with van der Waals surface area (Å²) in [5.74, 6) is -1.18. The lowest BCUT2D eigenvalue weighted by atomic mass is 10.2. The highest BCUT2D eigenvalue weighted by molar-refractivity contribution is 6.32. The second-order valence-electron chi connectivity index (χ2n) is 5.71. The highest BCUT2D eigenvalue weighted by Gasteiger charge is 2.29. The maximum absolute atomic E-state index is 12.2. The second kappa shape index (κ2) is 9.41. The molecule has 0 saturated carbocycles. The Hall–Kier alpha value is -2.81. The first-order valence-electron chi connectivity index (χ1n) is 8.12. The first-order valence-corrected chi connectivity index (χ1v) is 8.50. The van der Waals surface area contributed by atoms with Crippen LogP contribution in [0.1, 0.15) is 16.8 Å². The third-order valence-electron chi connectivity index (χ3n) is 3.58. The Morgan fingerprint density at radius 2 is 1.93 bits per heavy atom. The molecule has 150 valence electrons. The van der Waals surface area contributed by atoms with E-state index in [1.165, 1.54) is 4.90 Å². The number of hydrogen-bond acceptors (Lipinski definition) is 4. The summed E-state index contributed by atoms with van der Waals surface area (Å²) in [4.78, 5) is 29.3. The number of alkyl halides is 3. The van der Waals surface area contributed by atoms with Crippen LogP contribution in [0.3, 0.4) is 0 Å². The zero-order valence-electron chi connectivity index (χ0n) is 14.8. The van der Waals surface area contributed by atoms with Gasteiger partial charge in [0.2, 0.25) is 11.8 Å². The van der Waals surface area contributed by atoms with Gasteiger partial charge in [0.25, 0.3) is 5.91 Å². The molecule has 1 aromatic heterocycles. The zero-order chi connectivity index (χ0) is 20.7. The maximum atomic E-state index is 12.2. The molecule has 1 aromatic carbocycles. The van der Waals surface area contributed by atoms with Crippen molar-refractivity contribution in [1.29, 1.82) is 0 Å². The lowest BCUT2D eigenvalue weighted by Crippen LogP contribution is -2.32. The second-order valence-corrected chi connectivity index (χ2v) is 6.12. The molecule has 2 rings (SSSR count). The van der Waals surface area contributed by atoms with Crippen molar-refractivity contribution < 1.29 is 27.5 Å². The van der Waals surface area contributed by atoms with Crippen LogP contribution in [0.4, 0.5) is 18.9 Å². The van der Waals surface area contributed by atoms with Crippen molar-refractivity contribution in [1.82, 2.24) is 10.3 Å². The molecule has 1 N–H and O–H groups in total. The van der Waals surface area contributed by atoms with Crippen molar-refractivity contribution in [3.63, 3.8) is 0 Å². The molecular formula is C18H17ClF3N3O3. The van der Waals surface area contributed by atoms with Crippen LogP contribution in [0.2, 0.25) is 5.02 Å². The monoisotopic (exact) mass is 415 g/mol. The normalized spacial score (nSPS) is 11.0. The number of pyridine rings is 1. The lowest BCUT2D eigenvalue weighted by Gasteiger charge is -2.17. The number of amides is 2. The van der Waals surface area contributed by atoms with Crippen LogP contribution in [-0.4, -0.2) is 43.2 Å². The Bertz CT molecular complexity index is 832. The van der Waals surface area contributed by atoms with E-state index >= 15 is 0 Å². The number of carbonyl (C=O) groups excluding carboxylic acids is 2. The van der Waals surface area contributed by atoms with Crippen molar-refractivity contribution in [3.05, 3.63) is 53.2 Å². The van der Waals surface area contributed by atoms with Crippen LogP contribution in [0.25, 0.3) is 0 Å². The molecule has 0 saturated heterocycles. The number of ether oxygens (including phenoxy) is 1. The fourth-order valence-corrected chi connectivity index (χ4v) is 2.38. The molecule has 0 unspecified atom stereocenters. The predicted molar refractivity (Wildman–Crippen MR) is 97.6 cm³/mol. The SMILES string of the molecule is CN(C(=O)CCNC(=O)c1cnc(OCC(F)(F)F)c(Cl)c1)c1ccccc1. The summed E-state index contributed by atoms with van der Waals surface area (Å²) in [6.45, 7) is -1.47. The summed E-state index contributed by atoms with van der Waals surface area (Å²) in [6.07, 6.45) is -3.42. The first-order chi connectivity index (χ1) is 13.2. The lowest BCUT2D eigenvalue weighted by molar-refractivity contribution is -0.154. The van der Waals surface area contributed by atoms with Gasteiger partial charge in [-0.15, -0.1) is 0 Å². The number of hydrogen-bond donors (Lipinski definition) is 1. The Kier molecular flexibility index (Phi) is 7.22. The van der Waals surface area contributed by atoms with E-state index in [2.05, 4.69) is 15.0 Å². The largest absolute Gasteiger partial charge is 0.467 e. The van der Waals surface area contributed by atoms with Crippen LogP contribution in [0.5, 0.6) is 5.88 Å². The molecule has 28 heavy (non-hydrogen) atoms. The van der Waals surface area contributed by atoms with Gasteiger partial charge >= 0.3 is 6.18 Å². The topological polar surface area (TPSA) is 71.5 Å². The molecule has 0 aliphatic carbocycles. The summed E-state index contributed by atoms with van der Waals surface area (Å²) in [5, 5.41) is 2.31. The molecule has 0 bridgehead atoms. The number of benzene rings is 1. The van der Waals surface area contributed by atoms with Gasteiger partial charge in [0.05, 0.1) is 5.56 Å². The Balaban J connectivity index is 1.86. The van der Waals surface area contributed by atoms with E-state index in [0.717, 1.165) is 18.0 Å². The number of halogens is 4. The van der Waals surface area contributed by atoms with Gasteiger partial charge in [-0.05, 0) is 18.2 Å². The highest BCUT2D eigenvalue weighted by atomic mass is 35.5. The van der Waals surface area contributed by atoms with Crippen molar-refractivity contribution in [2.45, 2.75) is 12.6 Å². The molecule has 6 nitrogen and oxygen atoms in total. The van der Waals surface area contributed by atoms with Gasteiger partial charge in [-0.1, -0.05) is 29.8 Å². The van der Waals surface area contributed by atoms with Crippen molar-refractivity contribution in [3.8, 4) is 5.88 Å². The number of carbonyl (C=O) groups is 2. The first kappa shape index (κ1) is 21.5. The molecule has 0 fully saturated rings. The van der Waals surface area contributed by atoms with Crippen LogP contribution >= 0.6 is 11.6 Å². The van der Waals surface area contributed by atoms with Crippen molar-refractivity contribution >= 4 is 29.1 Å². The smallest absolute Gasteiger partial charge is 0.422 e. The van der Waals surface area contributed by atoms with E-state index < -0.39 is 24.6 Å². The molecular weight excluding hydrogens is 399 g/mol. The minimum Gasteiger partial charge on any atom is -0.467 e. The average molecular weight is 416 g/mol. The van der Waals surface area contributed by atoms with Gasteiger partial charge in [0.1, 0.15) is 5.02 Å². The third kappa shape index (κ3) is 6.41. The third-order valence-corrected chi connectivity index (χ3v) is 3.85. The number of nitrogens with zero attached hydrogens (tertiary/aromatic N) is 2. The fourth-order valence-electron chi connectivity index (χ4n) is 2.15. The zero-order valence-corrected chi connectivity index (χ0v) is 15.5. The van der Waals surface area contributed by atoms with Gasteiger partial charge in [-0.3, -0.25) is 9.59 Å². The van der Waals surface area contributed by atoms with Gasteiger partial charge in [0, 0.05) is 31.9 Å². The summed E-state index contributed by atoms with van der Waals surface area (Å²) in [6, 6.07) is 10.2.